The summed E-state index contributed by atoms with van der Waals surface area (Å²) in [7, 11) is 2.05. The van der Waals surface area contributed by atoms with Crippen molar-refractivity contribution in [1.82, 2.24) is 9.97 Å². The molecule has 0 fully saturated rings. The van der Waals surface area contributed by atoms with E-state index in [1.807, 2.05) is 24.9 Å². The van der Waals surface area contributed by atoms with E-state index in [4.69, 9.17) is 0 Å². The van der Waals surface area contributed by atoms with Crippen molar-refractivity contribution < 1.29 is 0 Å². The Morgan fingerprint density at radius 1 is 1.47 bits per heavy atom. The Morgan fingerprint density at radius 3 is 2.80 bits per heavy atom. The van der Waals surface area contributed by atoms with Crippen molar-refractivity contribution in [2.45, 2.75) is 13.5 Å². The lowest BCUT2D eigenvalue weighted by Crippen LogP contribution is -2.15. The number of aromatic nitrogens is 2. The summed E-state index contributed by atoms with van der Waals surface area (Å²) in [4.78, 5) is 12.0. The maximum atomic E-state index is 4.37. The van der Waals surface area contributed by atoms with Crippen molar-refractivity contribution in [2.75, 3.05) is 11.9 Å². The summed E-state index contributed by atoms with van der Waals surface area (Å²) in [6, 6.07) is 0. The van der Waals surface area contributed by atoms with Gasteiger partial charge in [-0.15, -0.1) is 22.7 Å². The lowest BCUT2D eigenvalue weighted by molar-refractivity contribution is 0.916. The fourth-order valence-electron chi connectivity index (χ4n) is 1.18. The second kappa shape index (κ2) is 4.59. The summed E-state index contributed by atoms with van der Waals surface area (Å²) in [5.74, 6) is 0. The molecule has 0 bridgehead atoms. The van der Waals surface area contributed by atoms with Crippen LogP contribution in [0.4, 0.5) is 5.13 Å². The quantitative estimate of drug-likeness (QED) is 0.871. The number of thiazole rings is 2. The predicted octanol–water partition coefficient (Wildman–Crippen LogP) is 3.31. The second-order valence-electron chi connectivity index (χ2n) is 3.17. The SMILES string of the molecule is Cc1ncsc1CN(C)c1nc(Br)cs1. The molecule has 0 aliphatic rings. The molecule has 6 heteroatoms. The van der Waals surface area contributed by atoms with Gasteiger partial charge < -0.3 is 4.90 Å². The average Bonchev–Trinajstić information content (AvgIpc) is 2.77. The summed E-state index contributed by atoms with van der Waals surface area (Å²) < 4.78 is 0.898. The van der Waals surface area contributed by atoms with Gasteiger partial charge in [0, 0.05) is 17.3 Å². The molecule has 0 atom stereocenters. The molecule has 0 aliphatic heterocycles. The Bertz CT molecular complexity index is 452. The highest BCUT2D eigenvalue weighted by Crippen LogP contribution is 2.25. The first-order valence-electron chi connectivity index (χ1n) is 4.38. The molecule has 0 saturated carbocycles. The van der Waals surface area contributed by atoms with Gasteiger partial charge in [0.1, 0.15) is 4.60 Å². The zero-order chi connectivity index (χ0) is 10.8. The maximum absolute atomic E-state index is 4.37. The number of nitrogens with zero attached hydrogens (tertiary/aromatic N) is 3. The van der Waals surface area contributed by atoms with Gasteiger partial charge in [-0.3, -0.25) is 0 Å². The van der Waals surface area contributed by atoms with E-state index < -0.39 is 0 Å². The molecule has 0 spiro atoms. The molecule has 2 aromatic heterocycles. The summed E-state index contributed by atoms with van der Waals surface area (Å²) in [6.07, 6.45) is 0. The van der Waals surface area contributed by atoms with E-state index in [-0.39, 0.29) is 0 Å². The van der Waals surface area contributed by atoms with Crippen LogP contribution in [0.25, 0.3) is 0 Å². The number of hydrogen-bond donors (Lipinski definition) is 0. The molecular weight excluding hydrogens is 294 g/mol. The smallest absolute Gasteiger partial charge is 0.186 e. The monoisotopic (exact) mass is 303 g/mol. The van der Waals surface area contributed by atoms with Crippen LogP contribution < -0.4 is 4.90 Å². The van der Waals surface area contributed by atoms with Crippen molar-refractivity contribution in [1.29, 1.82) is 0 Å². The van der Waals surface area contributed by atoms with Crippen LogP contribution in [-0.4, -0.2) is 17.0 Å². The van der Waals surface area contributed by atoms with Gasteiger partial charge >= 0.3 is 0 Å². The standard InChI is InChI=1S/C9H10BrN3S2/c1-6-7(15-5-11-6)3-13(2)9-12-8(10)4-14-9/h4-5H,3H2,1-2H3. The first-order valence-corrected chi connectivity index (χ1v) is 6.93. The third kappa shape index (κ3) is 2.56. The Morgan fingerprint density at radius 2 is 2.27 bits per heavy atom. The summed E-state index contributed by atoms with van der Waals surface area (Å²) in [5, 5.41) is 3.01. The molecule has 0 radical (unpaired) electrons. The van der Waals surface area contributed by atoms with E-state index in [9.17, 15) is 0 Å². The van der Waals surface area contributed by atoms with E-state index in [0.717, 1.165) is 22.0 Å². The summed E-state index contributed by atoms with van der Waals surface area (Å²) in [5.41, 5.74) is 3.00. The van der Waals surface area contributed by atoms with Gasteiger partial charge in [0.15, 0.2) is 5.13 Å². The fraction of sp³-hybridized carbons (Fsp3) is 0.333. The minimum atomic E-state index is 0.871. The summed E-state index contributed by atoms with van der Waals surface area (Å²) in [6.45, 7) is 2.91. The highest BCUT2D eigenvalue weighted by molar-refractivity contribution is 9.10. The Balaban J connectivity index is 2.10. The minimum absolute atomic E-state index is 0.871. The van der Waals surface area contributed by atoms with E-state index in [2.05, 4.69) is 30.8 Å². The van der Waals surface area contributed by atoms with Crippen LogP contribution in [0.2, 0.25) is 0 Å². The summed E-state index contributed by atoms with van der Waals surface area (Å²) >= 11 is 6.68. The van der Waals surface area contributed by atoms with Crippen LogP contribution in [0.1, 0.15) is 10.6 Å². The highest BCUT2D eigenvalue weighted by atomic mass is 79.9. The van der Waals surface area contributed by atoms with Crippen LogP contribution in [0.3, 0.4) is 0 Å². The molecule has 0 saturated heterocycles. The zero-order valence-corrected chi connectivity index (χ0v) is 11.6. The Labute approximate surface area is 105 Å². The van der Waals surface area contributed by atoms with E-state index in [1.165, 1.54) is 4.88 Å². The Kier molecular flexibility index (Phi) is 3.38. The molecule has 0 amide bonds. The lowest BCUT2D eigenvalue weighted by atomic mass is 10.4. The lowest BCUT2D eigenvalue weighted by Gasteiger charge is -2.14. The van der Waals surface area contributed by atoms with Crippen LogP contribution in [0.15, 0.2) is 15.5 Å². The highest BCUT2D eigenvalue weighted by Gasteiger charge is 2.09. The van der Waals surface area contributed by atoms with E-state index >= 15 is 0 Å². The van der Waals surface area contributed by atoms with Crippen molar-refractivity contribution >= 4 is 43.7 Å². The number of anilines is 1. The van der Waals surface area contributed by atoms with Crippen LogP contribution in [0, 0.1) is 6.92 Å². The Hall–Kier alpha value is -0.460. The molecule has 0 aromatic carbocycles. The van der Waals surface area contributed by atoms with E-state index in [1.54, 1.807) is 22.7 Å². The van der Waals surface area contributed by atoms with Crippen molar-refractivity contribution in [3.63, 3.8) is 0 Å². The number of rotatable bonds is 3. The molecule has 0 unspecified atom stereocenters. The van der Waals surface area contributed by atoms with Crippen molar-refractivity contribution in [3.05, 3.63) is 26.1 Å². The first-order chi connectivity index (χ1) is 7.16. The van der Waals surface area contributed by atoms with Crippen molar-refractivity contribution in [2.24, 2.45) is 0 Å². The number of aryl methyl sites for hydroxylation is 1. The van der Waals surface area contributed by atoms with Gasteiger partial charge in [-0.1, -0.05) is 0 Å². The third-order valence-corrected chi connectivity index (χ3v) is 4.60. The van der Waals surface area contributed by atoms with Gasteiger partial charge in [0.05, 0.1) is 17.7 Å². The van der Waals surface area contributed by atoms with Crippen molar-refractivity contribution in [3.8, 4) is 0 Å². The van der Waals surface area contributed by atoms with Gasteiger partial charge in [-0.05, 0) is 22.9 Å². The van der Waals surface area contributed by atoms with Gasteiger partial charge in [-0.2, -0.15) is 0 Å². The molecule has 0 aliphatic carbocycles. The molecule has 80 valence electrons. The number of hydrogen-bond acceptors (Lipinski definition) is 5. The van der Waals surface area contributed by atoms with Crippen LogP contribution >= 0.6 is 38.6 Å². The molecule has 2 aromatic rings. The normalized spacial score (nSPS) is 10.6. The molecular formula is C9H10BrN3S2. The van der Waals surface area contributed by atoms with Crippen LogP contribution in [-0.2, 0) is 6.54 Å². The molecule has 0 N–H and O–H groups in total. The second-order valence-corrected chi connectivity index (χ2v) is 5.76. The molecule has 15 heavy (non-hydrogen) atoms. The average molecular weight is 304 g/mol. The third-order valence-electron chi connectivity index (χ3n) is 2.02. The predicted molar refractivity (Wildman–Crippen MR) is 68.8 cm³/mol. The van der Waals surface area contributed by atoms with Gasteiger partial charge in [-0.25, -0.2) is 9.97 Å². The topological polar surface area (TPSA) is 29.0 Å². The first kappa shape index (κ1) is 11.0. The van der Waals surface area contributed by atoms with Crippen LogP contribution in [0.5, 0.6) is 0 Å². The number of halogens is 1. The fourth-order valence-corrected chi connectivity index (χ4v) is 3.23. The minimum Gasteiger partial charge on any atom is -0.346 e. The molecule has 2 rings (SSSR count). The van der Waals surface area contributed by atoms with Gasteiger partial charge in [0.2, 0.25) is 0 Å². The zero-order valence-electron chi connectivity index (χ0n) is 8.40. The van der Waals surface area contributed by atoms with Gasteiger partial charge in [0.25, 0.3) is 0 Å². The maximum Gasteiger partial charge on any atom is 0.186 e. The van der Waals surface area contributed by atoms with E-state index in [0.29, 0.717) is 0 Å². The largest absolute Gasteiger partial charge is 0.346 e. The molecule has 3 nitrogen and oxygen atoms in total. The molecule has 2 heterocycles.